The minimum absolute atomic E-state index is 0. The van der Waals surface area contributed by atoms with Crippen molar-refractivity contribution in [3.63, 3.8) is 0 Å². The number of piperidine rings is 1. The number of halogens is 1. The molecular weight excluding hydrogens is 491 g/mol. The highest BCUT2D eigenvalue weighted by Crippen LogP contribution is 2.24. The third-order valence-electron chi connectivity index (χ3n) is 5.48. The summed E-state index contributed by atoms with van der Waals surface area (Å²) < 4.78 is 5.73. The van der Waals surface area contributed by atoms with Crippen LogP contribution in [0.1, 0.15) is 36.9 Å². The van der Waals surface area contributed by atoms with Crippen molar-refractivity contribution in [2.75, 3.05) is 33.2 Å². The van der Waals surface area contributed by atoms with Gasteiger partial charge in [0.05, 0.1) is 23.3 Å². The second-order valence-corrected chi connectivity index (χ2v) is 7.46. The van der Waals surface area contributed by atoms with Crippen LogP contribution in [0.4, 0.5) is 0 Å². The van der Waals surface area contributed by atoms with Gasteiger partial charge >= 0.3 is 0 Å². The summed E-state index contributed by atoms with van der Waals surface area (Å²) in [6.07, 6.45) is 6.39. The zero-order chi connectivity index (χ0) is 19.9. The van der Waals surface area contributed by atoms with Crippen molar-refractivity contribution in [1.82, 2.24) is 25.5 Å². The Kier molecular flexibility index (Phi) is 8.56. The lowest BCUT2D eigenvalue weighted by Crippen LogP contribution is -2.44. The van der Waals surface area contributed by atoms with Crippen molar-refractivity contribution in [2.45, 2.75) is 31.7 Å². The Balaban J connectivity index is 0.00000256. The zero-order valence-corrected chi connectivity index (χ0v) is 19.8. The van der Waals surface area contributed by atoms with Gasteiger partial charge in [-0.15, -0.1) is 24.0 Å². The lowest BCUT2D eigenvalue weighted by Gasteiger charge is -2.33. The van der Waals surface area contributed by atoms with Gasteiger partial charge in [-0.25, -0.2) is 4.98 Å². The molecular formula is C22H31IN6O. The zero-order valence-electron chi connectivity index (χ0n) is 17.4. The molecule has 1 aliphatic heterocycles. The third kappa shape index (κ3) is 5.75. The van der Waals surface area contributed by atoms with Crippen molar-refractivity contribution in [1.29, 1.82) is 0 Å². The fourth-order valence-corrected chi connectivity index (χ4v) is 3.96. The number of imidazole rings is 1. The third-order valence-corrected chi connectivity index (χ3v) is 5.48. The molecule has 1 fully saturated rings. The number of H-pyrrole nitrogens is 1. The predicted molar refractivity (Wildman–Crippen MR) is 131 cm³/mol. The van der Waals surface area contributed by atoms with E-state index in [-0.39, 0.29) is 30.0 Å². The van der Waals surface area contributed by atoms with E-state index >= 15 is 0 Å². The van der Waals surface area contributed by atoms with Gasteiger partial charge in [0, 0.05) is 26.6 Å². The average Bonchev–Trinajstić information content (AvgIpc) is 3.43. The second-order valence-electron chi connectivity index (χ2n) is 7.46. The summed E-state index contributed by atoms with van der Waals surface area (Å²) in [7, 11) is 1.80. The van der Waals surface area contributed by atoms with Gasteiger partial charge in [0.2, 0.25) is 0 Å². The first kappa shape index (κ1) is 22.6. The van der Waals surface area contributed by atoms with Crippen LogP contribution in [0.15, 0.2) is 52.1 Å². The Bertz CT molecular complexity index is 884. The maximum absolute atomic E-state index is 5.73. The summed E-state index contributed by atoms with van der Waals surface area (Å²) in [5.41, 5.74) is 2.08. The van der Waals surface area contributed by atoms with Crippen LogP contribution < -0.4 is 10.6 Å². The summed E-state index contributed by atoms with van der Waals surface area (Å²) in [6.45, 7) is 3.75. The van der Waals surface area contributed by atoms with E-state index in [1.54, 1.807) is 13.3 Å². The molecule has 0 amide bonds. The van der Waals surface area contributed by atoms with Gasteiger partial charge in [-0.1, -0.05) is 18.6 Å². The smallest absolute Gasteiger partial charge is 0.191 e. The van der Waals surface area contributed by atoms with Crippen LogP contribution in [0.5, 0.6) is 0 Å². The average molecular weight is 522 g/mol. The van der Waals surface area contributed by atoms with Crippen molar-refractivity contribution in [3.8, 4) is 0 Å². The Morgan fingerprint density at radius 2 is 2.00 bits per heavy atom. The molecule has 3 heterocycles. The number of likely N-dealkylation sites (tertiary alicyclic amines) is 1. The van der Waals surface area contributed by atoms with E-state index in [0.717, 1.165) is 61.2 Å². The molecule has 4 rings (SSSR count). The molecule has 1 unspecified atom stereocenters. The Hall–Kier alpha value is -2.07. The molecule has 1 aromatic carbocycles. The molecule has 0 spiro atoms. The quantitative estimate of drug-likeness (QED) is 0.251. The van der Waals surface area contributed by atoms with Crippen LogP contribution in [0.25, 0.3) is 11.0 Å². The normalized spacial score (nSPS) is 16.2. The first-order chi connectivity index (χ1) is 14.3. The number of hydrogen-bond donors (Lipinski definition) is 3. The van der Waals surface area contributed by atoms with Crippen LogP contribution in [-0.2, 0) is 6.42 Å². The van der Waals surface area contributed by atoms with Crippen molar-refractivity contribution in [3.05, 3.63) is 54.2 Å². The highest BCUT2D eigenvalue weighted by atomic mass is 127. The minimum atomic E-state index is 0. The molecule has 1 aliphatic rings. The maximum Gasteiger partial charge on any atom is 0.191 e. The van der Waals surface area contributed by atoms with E-state index in [1.165, 1.54) is 19.3 Å². The van der Waals surface area contributed by atoms with Crippen molar-refractivity contribution < 1.29 is 4.42 Å². The van der Waals surface area contributed by atoms with Crippen LogP contribution in [0.3, 0.4) is 0 Å². The highest BCUT2D eigenvalue weighted by Gasteiger charge is 2.24. The first-order valence-electron chi connectivity index (χ1n) is 10.5. The van der Waals surface area contributed by atoms with Gasteiger partial charge in [0.15, 0.2) is 5.96 Å². The lowest BCUT2D eigenvalue weighted by atomic mass is 10.1. The van der Waals surface area contributed by atoms with Crippen molar-refractivity contribution >= 4 is 41.0 Å². The number of aliphatic imine (C=N–C) groups is 1. The number of aromatic amines is 1. The minimum Gasteiger partial charge on any atom is -0.468 e. The first-order valence-corrected chi connectivity index (χ1v) is 10.5. The summed E-state index contributed by atoms with van der Waals surface area (Å²) >= 11 is 0. The molecule has 7 nitrogen and oxygen atoms in total. The largest absolute Gasteiger partial charge is 0.468 e. The number of nitrogens with one attached hydrogen (secondary N) is 3. The van der Waals surface area contributed by atoms with Crippen LogP contribution >= 0.6 is 24.0 Å². The van der Waals surface area contributed by atoms with E-state index in [0.29, 0.717) is 0 Å². The van der Waals surface area contributed by atoms with E-state index in [9.17, 15) is 0 Å². The molecule has 3 N–H and O–H groups in total. The van der Waals surface area contributed by atoms with Crippen LogP contribution in [0, 0.1) is 0 Å². The number of hydrogen-bond acceptors (Lipinski definition) is 4. The summed E-state index contributed by atoms with van der Waals surface area (Å²) in [6, 6.07) is 12.4. The van der Waals surface area contributed by atoms with Gasteiger partial charge in [-0.2, -0.15) is 0 Å². The molecule has 0 aliphatic carbocycles. The molecule has 2 aromatic heterocycles. The van der Waals surface area contributed by atoms with E-state index < -0.39 is 0 Å². The number of rotatable bonds is 7. The Morgan fingerprint density at radius 3 is 2.73 bits per heavy atom. The molecule has 30 heavy (non-hydrogen) atoms. The second kappa shape index (κ2) is 11.4. The molecule has 1 atom stereocenters. The molecule has 0 bridgehead atoms. The Labute approximate surface area is 194 Å². The van der Waals surface area contributed by atoms with E-state index in [2.05, 4.69) is 42.6 Å². The molecule has 0 saturated carbocycles. The number of furan rings is 1. The van der Waals surface area contributed by atoms with Crippen molar-refractivity contribution in [2.24, 2.45) is 4.99 Å². The fourth-order valence-electron chi connectivity index (χ4n) is 3.96. The van der Waals surface area contributed by atoms with Gasteiger partial charge in [0.1, 0.15) is 11.6 Å². The number of benzene rings is 1. The van der Waals surface area contributed by atoms with Gasteiger partial charge in [-0.05, 0) is 50.2 Å². The van der Waals surface area contributed by atoms with Gasteiger partial charge in [0.25, 0.3) is 0 Å². The molecule has 8 heteroatoms. The fraction of sp³-hybridized carbons (Fsp3) is 0.455. The highest BCUT2D eigenvalue weighted by molar-refractivity contribution is 14.0. The summed E-state index contributed by atoms with van der Waals surface area (Å²) in [5.74, 6) is 2.79. The number of nitrogens with zero attached hydrogens (tertiary/aromatic N) is 3. The Morgan fingerprint density at radius 1 is 1.17 bits per heavy atom. The number of para-hydroxylation sites is 2. The van der Waals surface area contributed by atoms with Crippen LogP contribution in [-0.4, -0.2) is 54.1 Å². The van der Waals surface area contributed by atoms with Crippen LogP contribution in [0.2, 0.25) is 0 Å². The van der Waals surface area contributed by atoms with Gasteiger partial charge in [-0.3, -0.25) is 9.89 Å². The van der Waals surface area contributed by atoms with E-state index in [4.69, 9.17) is 4.42 Å². The predicted octanol–water partition coefficient (Wildman–Crippen LogP) is 3.71. The molecule has 3 aromatic rings. The standard InChI is InChI=1S/C22H30N6O.HI/c1-23-22(24-12-11-21-26-17-8-3-4-9-18(17)27-21)25-16-19(20-10-7-15-29-20)28-13-5-2-6-14-28;/h3-4,7-10,15,19H,2,5-6,11-14,16H2,1H3,(H,26,27)(H2,23,24,25);1H. The maximum atomic E-state index is 5.73. The molecule has 1 saturated heterocycles. The topological polar surface area (TPSA) is 81.5 Å². The lowest BCUT2D eigenvalue weighted by molar-refractivity contribution is 0.146. The SMILES string of the molecule is CN=C(NCCc1nc2ccccc2[nH]1)NCC(c1ccco1)N1CCCCC1.I. The number of fused-ring (bicyclic) bond motifs is 1. The molecule has 0 radical (unpaired) electrons. The molecule has 162 valence electrons. The monoisotopic (exact) mass is 522 g/mol. The number of guanidine groups is 1. The summed E-state index contributed by atoms with van der Waals surface area (Å²) in [4.78, 5) is 14.9. The summed E-state index contributed by atoms with van der Waals surface area (Å²) in [5, 5.41) is 6.87. The van der Waals surface area contributed by atoms with E-state index in [1.807, 2.05) is 24.3 Å². The number of aromatic nitrogens is 2. The van der Waals surface area contributed by atoms with Gasteiger partial charge < -0.3 is 20.0 Å².